The van der Waals surface area contributed by atoms with Crippen LogP contribution in [-0.2, 0) is 18.3 Å². The minimum absolute atomic E-state index is 0.0167. The SMILES string of the molecule is CC(C)c1nc(CN2CCO[C@@H](CN(C)c3nccn(C)c3=O)C2)no1. The number of hydrogen-bond acceptors (Lipinski definition) is 8. The first-order valence-electron chi connectivity index (χ1n) is 8.83. The molecule has 142 valence electrons. The van der Waals surface area contributed by atoms with Crippen molar-refractivity contribution >= 4 is 5.82 Å². The van der Waals surface area contributed by atoms with Crippen molar-refractivity contribution in [3.05, 3.63) is 34.5 Å². The molecule has 0 radical (unpaired) electrons. The summed E-state index contributed by atoms with van der Waals surface area (Å²) in [6.45, 7) is 7.46. The summed E-state index contributed by atoms with van der Waals surface area (Å²) in [5, 5.41) is 4.05. The zero-order valence-electron chi connectivity index (χ0n) is 15.8. The van der Waals surface area contributed by atoms with Crippen molar-refractivity contribution in [1.82, 2.24) is 24.6 Å². The molecular formula is C17H26N6O3. The highest BCUT2D eigenvalue weighted by atomic mass is 16.5. The van der Waals surface area contributed by atoms with E-state index in [1.165, 1.54) is 4.57 Å². The molecule has 0 spiro atoms. The van der Waals surface area contributed by atoms with Gasteiger partial charge in [0.1, 0.15) is 0 Å². The Morgan fingerprint density at radius 2 is 2.23 bits per heavy atom. The Hall–Kier alpha value is -2.26. The minimum atomic E-state index is -0.115. The summed E-state index contributed by atoms with van der Waals surface area (Å²) in [6.07, 6.45) is 3.26. The molecule has 0 N–H and O–H groups in total. The van der Waals surface area contributed by atoms with E-state index >= 15 is 0 Å². The van der Waals surface area contributed by atoms with Gasteiger partial charge in [0.2, 0.25) is 5.89 Å². The van der Waals surface area contributed by atoms with E-state index < -0.39 is 0 Å². The fraction of sp³-hybridized carbons (Fsp3) is 0.647. The average Bonchev–Trinajstić information content (AvgIpc) is 3.06. The van der Waals surface area contributed by atoms with Gasteiger partial charge < -0.3 is 18.7 Å². The van der Waals surface area contributed by atoms with Crippen LogP contribution in [0.3, 0.4) is 0 Å². The molecule has 0 aromatic carbocycles. The average molecular weight is 362 g/mol. The summed E-state index contributed by atoms with van der Waals surface area (Å²) in [5.74, 6) is 2.01. The molecule has 1 aliphatic rings. The van der Waals surface area contributed by atoms with Gasteiger partial charge >= 0.3 is 0 Å². The first-order valence-corrected chi connectivity index (χ1v) is 8.83. The van der Waals surface area contributed by atoms with Gasteiger partial charge in [-0.05, 0) is 0 Å². The van der Waals surface area contributed by atoms with Gasteiger partial charge in [-0.25, -0.2) is 4.98 Å². The maximum atomic E-state index is 12.2. The van der Waals surface area contributed by atoms with Gasteiger partial charge in [-0.2, -0.15) is 4.98 Å². The van der Waals surface area contributed by atoms with E-state index in [1.807, 2.05) is 25.8 Å². The van der Waals surface area contributed by atoms with Gasteiger partial charge in [0.05, 0.1) is 19.3 Å². The molecule has 1 atom stereocenters. The topological polar surface area (TPSA) is 89.5 Å². The van der Waals surface area contributed by atoms with Crippen LogP contribution >= 0.6 is 0 Å². The fourth-order valence-corrected chi connectivity index (χ4v) is 2.94. The molecule has 0 bridgehead atoms. The maximum Gasteiger partial charge on any atom is 0.293 e. The highest BCUT2D eigenvalue weighted by Crippen LogP contribution is 2.14. The highest BCUT2D eigenvalue weighted by molar-refractivity contribution is 5.34. The lowest BCUT2D eigenvalue weighted by Crippen LogP contribution is -2.47. The Balaban J connectivity index is 1.59. The lowest BCUT2D eigenvalue weighted by Gasteiger charge is -2.34. The van der Waals surface area contributed by atoms with Crippen LogP contribution in [0, 0.1) is 0 Å². The number of nitrogens with zero attached hydrogens (tertiary/aromatic N) is 6. The van der Waals surface area contributed by atoms with Crippen LogP contribution in [0.4, 0.5) is 5.82 Å². The predicted molar refractivity (Wildman–Crippen MR) is 96.2 cm³/mol. The molecule has 3 heterocycles. The third-order valence-corrected chi connectivity index (χ3v) is 4.40. The van der Waals surface area contributed by atoms with Gasteiger partial charge in [0.15, 0.2) is 11.6 Å². The van der Waals surface area contributed by atoms with Crippen LogP contribution in [0.25, 0.3) is 0 Å². The van der Waals surface area contributed by atoms with Gasteiger partial charge in [-0.1, -0.05) is 19.0 Å². The highest BCUT2D eigenvalue weighted by Gasteiger charge is 2.24. The van der Waals surface area contributed by atoms with Crippen LogP contribution in [0.1, 0.15) is 31.5 Å². The maximum absolute atomic E-state index is 12.2. The van der Waals surface area contributed by atoms with Crippen LogP contribution in [0.2, 0.25) is 0 Å². The Morgan fingerprint density at radius 1 is 1.42 bits per heavy atom. The number of aromatic nitrogens is 4. The van der Waals surface area contributed by atoms with Gasteiger partial charge in [-0.15, -0.1) is 0 Å². The smallest absolute Gasteiger partial charge is 0.293 e. The van der Waals surface area contributed by atoms with E-state index in [0.29, 0.717) is 37.2 Å². The van der Waals surface area contributed by atoms with Crippen LogP contribution in [0.5, 0.6) is 0 Å². The molecular weight excluding hydrogens is 336 g/mol. The molecule has 0 unspecified atom stereocenters. The van der Waals surface area contributed by atoms with Crippen molar-refractivity contribution < 1.29 is 9.26 Å². The second-order valence-electron chi connectivity index (χ2n) is 6.98. The minimum Gasteiger partial charge on any atom is -0.374 e. The third kappa shape index (κ3) is 4.28. The number of hydrogen-bond donors (Lipinski definition) is 0. The molecule has 2 aromatic heterocycles. The Kier molecular flexibility index (Phi) is 5.67. The van der Waals surface area contributed by atoms with Crippen molar-refractivity contribution in [2.75, 3.05) is 38.2 Å². The lowest BCUT2D eigenvalue weighted by molar-refractivity contribution is -0.0274. The van der Waals surface area contributed by atoms with E-state index in [0.717, 1.165) is 13.1 Å². The van der Waals surface area contributed by atoms with E-state index in [2.05, 4.69) is 20.0 Å². The zero-order chi connectivity index (χ0) is 18.7. The molecule has 1 aliphatic heterocycles. The standard InChI is InChI=1S/C17H26N6O3/c1-12(2)16-19-14(20-26-16)11-23-7-8-25-13(10-23)9-22(4)15-17(24)21(3)6-5-18-15/h5-6,12-13H,7-11H2,1-4H3/t13-/m0/s1. The third-order valence-electron chi connectivity index (χ3n) is 4.40. The number of aryl methyl sites for hydroxylation is 1. The Labute approximate surface area is 152 Å². The quantitative estimate of drug-likeness (QED) is 0.739. The molecule has 1 fully saturated rings. The largest absolute Gasteiger partial charge is 0.374 e. The van der Waals surface area contributed by atoms with Crippen LogP contribution < -0.4 is 10.5 Å². The van der Waals surface area contributed by atoms with Gasteiger partial charge in [0.25, 0.3) is 5.56 Å². The second-order valence-corrected chi connectivity index (χ2v) is 6.98. The van der Waals surface area contributed by atoms with E-state index in [1.54, 1.807) is 19.4 Å². The monoisotopic (exact) mass is 362 g/mol. The number of ether oxygens (including phenoxy) is 1. The van der Waals surface area contributed by atoms with Crippen molar-refractivity contribution in [2.24, 2.45) is 7.05 Å². The van der Waals surface area contributed by atoms with Gasteiger partial charge in [-0.3, -0.25) is 9.69 Å². The molecule has 9 nitrogen and oxygen atoms in total. The molecule has 2 aromatic rings. The molecule has 26 heavy (non-hydrogen) atoms. The second kappa shape index (κ2) is 7.96. The summed E-state index contributed by atoms with van der Waals surface area (Å²) >= 11 is 0. The number of anilines is 1. The lowest BCUT2D eigenvalue weighted by atomic mass is 10.2. The first-order chi connectivity index (χ1) is 12.4. The zero-order valence-corrected chi connectivity index (χ0v) is 15.8. The molecule has 1 saturated heterocycles. The summed E-state index contributed by atoms with van der Waals surface area (Å²) in [5.41, 5.74) is -0.115. The van der Waals surface area contributed by atoms with Crippen LogP contribution in [0.15, 0.2) is 21.7 Å². The molecule has 0 saturated carbocycles. The van der Waals surface area contributed by atoms with Crippen molar-refractivity contribution in [1.29, 1.82) is 0 Å². The first kappa shape index (κ1) is 18.5. The normalized spacial score (nSPS) is 18.4. The molecule has 3 rings (SSSR count). The van der Waals surface area contributed by atoms with E-state index in [4.69, 9.17) is 9.26 Å². The Bertz CT molecular complexity index is 787. The fourth-order valence-electron chi connectivity index (χ4n) is 2.94. The number of likely N-dealkylation sites (N-methyl/N-ethyl adjacent to an activating group) is 1. The van der Waals surface area contributed by atoms with Crippen molar-refractivity contribution in [2.45, 2.75) is 32.4 Å². The predicted octanol–water partition coefficient (Wildman–Crippen LogP) is 0.624. The molecule has 0 amide bonds. The molecule has 9 heteroatoms. The summed E-state index contributed by atoms with van der Waals surface area (Å²) < 4.78 is 12.7. The summed E-state index contributed by atoms with van der Waals surface area (Å²) in [4.78, 5) is 24.9. The van der Waals surface area contributed by atoms with E-state index in [-0.39, 0.29) is 17.6 Å². The summed E-state index contributed by atoms with van der Waals surface area (Å²) in [7, 11) is 3.58. The van der Waals surface area contributed by atoms with Gasteiger partial charge in [0, 0.05) is 52.0 Å². The van der Waals surface area contributed by atoms with E-state index in [9.17, 15) is 4.79 Å². The van der Waals surface area contributed by atoms with Crippen molar-refractivity contribution in [3.63, 3.8) is 0 Å². The molecule has 0 aliphatic carbocycles. The summed E-state index contributed by atoms with van der Waals surface area (Å²) in [6, 6.07) is 0. The number of morpholine rings is 1. The Morgan fingerprint density at radius 3 is 2.96 bits per heavy atom. The number of rotatable bonds is 6. The van der Waals surface area contributed by atoms with Crippen molar-refractivity contribution in [3.8, 4) is 0 Å². The van der Waals surface area contributed by atoms with Crippen LogP contribution in [-0.4, -0.2) is 64.0 Å².